The fourth-order valence-corrected chi connectivity index (χ4v) is 3.72. The van der Waals surface area contributed by atoms with Crippen molar-refractivity contribution in [2.24, 2.45) is 4.99 Å². The second-order valence-electron chi connectivity index (χ2n) is 6.22. The number of aromatic nitrogens is 1. The number of carbonyl (C=O) groups excluding carboxylic acids is 1. The highest BCUT2D eigenvalue weighted by molar-refractivity contribution is 7.11. The van der Waals surface area contributed by atoms with Gasteiger partial charge in [0.1, 0.15) is 6.54 Å². The molecule has 0 aliphatic carbocycles. The third kappa shape index (κ3) is 6.76. The lowest BCUT2D eigenvalue weighted by Crippen LogP contribution is -2.41. The summed E-state index contributed by atoms with van der Waals surface area (Å²) in [6.45, 7) is 3.80. The van der Waals surface area contributed by atoms with Crippen LogP contribution in [0.2, 0.25) is 0 Å². The SMILES string of the molecule is Cc1cnc(CCN(C)C(=NCC(=O)N(C)C)NCCc2cccs2)s1. The zero-order valence-corrected chi connectivity index (χ0v) is 17.5. The molecule has 0 atom stereocenters. The van der Waals surface area contributed by atoms with Gasteiger partial charge in [0.2, 0.25) is 5.91 Å². The summed E-state index contributed by atoms with van der Waals surface area (Å²) in [4.78, 5) is 27.0. The number of hydrogen-bond donors (Lipinski definition) is 1. The number of thiazole rings is 1. The minimum Gasteiger partial charge on any atom is -0.356 e. The topological polar surface area (TPSA) is 60.8 Å². The van der Waals surface area contributed by atoms with Crippen molar-refractivity contribution in [3.8, 4) is 0 Å². The van der Waals surface area contributed by atoms with Crippen molar-refractivity contribution in [3.05, 3.63) is 38.5 Å². The molecule has 0 bridgehead atoms. The van der Waals surface area contributed by atoms with Crippen molar-refractivity contribution in [2.75, 3.05) is 40.8 Å². The Morgan fingerprint density at radius 1 is 1.31 bits per heavy atom. The number of likely N-dealkylation sites (N-methyl/N-ethyl adjacent to an activating group) is 2. The van der Waals surface area contributed by atoms with E-state index in [4.69, 9.17) is 0 Å². The molecule has 6 nitrogen and oxygen atoms in total. The van der Waals surface area contributed by atoms with Crippen molar-refractivity contribution in [3.63, 3.8) is 0 Å². The van der Waals surface area contributed by atoms with E-state index in [0.29, 0.717) is 0 Å². The first-order valence-electron chi connectivity index (χ1n) is 8.59. The van der Waals surface area contributed by atoms with Gasteiger partial charge in [-0.25, -0.2) is 9.98 Å². The zero-order chi connectivity index (χ0) is 18.9. The average molecular weight is 394 g/mol. The molecule has 26 heavy (non-hydrogen) atoms. The minimum absolute atomic E-state index is 0.00787. The Balaban J connectivity index is 1.93. The third-order valence-electron chi connectivity index (χ3n) is 3.79. The number of nitrogens with zero attached hydrogens (tertiary/aromatic N) is 4. The van der Waals surface area contributed by atoms with Gasteiger partial charge in [-0.05, 0) is 24.8 Å². The predicted octanol–water partition coefficient (Wildman–Crippen LogP) is 2.26. The maximum atomic E-state index is 11.9. The molecule has 0 unspecified atom stereocenters. The summed E-state index contributed by atoms with van der Waals surface area (Å²) in [5.41, 5.74) is 0. The minimum atomic E-state index is -0.00787. The molecule has 8 heteroatoms. The highest BCUT2D eigenvalue weighted by Gasteiger charge is 2.10. The van der Waals surface area contributed by atoms with E-state index in [1.165, 1.54) is 9.75 Å². The first kappa shape index (κ1) is 20.4. The first-order valence-corrected chi connectivity index (χ1v) is 10.3. The molecule has 0 spiro atoms. The predicted molar refractivity (Wildman–Crippen MR) is 110 cm³/mol. The van der Waals surface area contributed by atoms with Gasteiger partial charge in [-0.2, -0.15) is 0 Å². The quantitative estimate of drug-likeness (QED) is 0.552. The monoisotopic (exact) mass is 393 g/mol. The molecule has 0 aliphatic rings. The Kier molecular flexibility index (Phi) is 8.06. The van der Waals surface area contributed by atoms with Gasteiger partial charge >= 0.3 is 0 Å². The lowest BCUT2D eigenvalue weighted by molar-refractivity contribution is -0.127. The van der Waals surface area contributed by atoms with Crippen LogP contribution in [0, 0.1) is 6.92 Å². The summed E-state index contributed by atoms with van der Waals surface area (Å²) in [7, 11) is 5.49. The normalized spacial score (nSPS) is 11.5. The molecule has 2 heterocycles. The number of rotatable bonds is 8. The van der Waals surface area contributed by atoms with E-state index in [1.54, 1.807) is 41.7 Å². The van der Waals surface area contributed by atoms with Gasteiger partial charge in [0.15, 0.2) is 5.96 Å². The van der Waals surface area contributed by atoms with Crippen LogP contribution in [-0.2, 0) is 17.6 Å². The number of hydrogen-bond acceptors (Lipinski definition) is 5. The lowest BCUT2D eigenvalue weighted by atomic mass is 10.3. The maximum Gasteiger partial charge on any atom is 0.243 e. The number of nitrogens with one attached hydrogen (secondary N) is 1. The van der Waals surface area contributed by atoms with Gasteiger partial charge in [-0.1, -0.05) is 6.07 Å². The fraction of sp³-hybridized carbons (Fsp3) is 0.500. The highest BCUT2D eigenvalue weighted by Crippen LogP contribution is 2.12. The van der Waals surface area contributed by atoms with E-state index >= 15 is 0 Å². The standard InChI is InChI=1S/C18H27N5OS2/c1-14-12-20-16(26-14)8-10-23(4)18(21-13-17(24)22(2)3)19-9-7-15-6-5-11-25-15/h5-6,11-12H,7-10,13H2,1-4H3,(H,19,21). The van der Waals surface area contributed by atoms with E-state index in [2.05, 4.69) is 44.6 Å². The molecule has 142 valence electrons. The molecule has 0 aliphatic heterocycles. The van der Waals surface area contributed by atoms with Crippen molar-refractivity contribution in [1.29, 1.82) is 0 Å². The summed E-state index contributed by atoms with van der Waals surface area (Å²) in [5.74, 6) is 0.747. The average Bonchev–Trinajstić information content (AvgIpc) is 3.26. The molecule has 0 radical (unpaired) electrons. The Morgan fingerprint density at radius 3 is 2.73 bits per heavy atom. The summed E-state index contributed by atoms with van der Waals surface area (Å²) in [6, 6.07) is 4.19. The second-order valence-corrected chi connectivity index (χ2v) is 8.57. The highest BCUT2D eigenvalue weighted by atomic mass is 32.1. The number of amides is 1. The van der Waals surface area contributed by atoms with Crippen molar-refractivity contribution >= 4 is 34.5 Å². The molecule has 0 fully saturated rings. The van der Waals surface area contributed by atoms with Crippen LogP contribution in [-0.4, -0.2) is 67.4 Å². The van der Waals surface area contributed by atoms with Crippen LogP contribution in [0.25, 0.3) is 0 Å². The number of aryl methyl sites for hydroxylation is 1. The summed E-state index contributed by atoms with van der Waals surface area (Å²) in [6.07, 6.45) is 3.71. The molecular formula is C18H27N5OS2. The molecule has 0 aromatic carbocycles. The molecular weight excluding hydrogens is 366 g/mol. The van der Waals surface area contributed by atoms with Crippen LogP contribution in [0.5, 0.6) is 0 Å². The van der Waals surface area contributed by atoms with Gasteiger partial charge in [0.25, 0.3) is 0 Å². The maximum absolute atomic E-state index is 11.9. The van der Waals surface area contributed by atoms with E-state index < -0.39 is 0 Å². The molecule has 2 rings (SSSR count). The van der Waals surface area contributed by atoms with Crippen LogP contribution in [0.1, 0.15) is 14.8 Å². The molecule has 0 saturated carbocycles. The molecule has 1 amide bonds. The first-order chi connectivity index (χ1) is 12.5. The number of aliphatic imine (C=N–C) groups is 1. The summed E-state index contributed by atoms with van der Waals surface area (Å²) in [5, 5.41) is 6.60. The summed E-state index contributed by atoms with van der Waals surface area (Å²) >= 11 is 3.48. The Morgan fingerprint density at radius 2 is 2.12 bits per heavy atom. The van der Waals surface area contributed by atoms with E-state index in [0.717, 1.165) is 36.9 Å². The second kappa shape index (κ2) is 10.3. The van der Waals surface area contributed by atoms with Crippen molar-refractivity contribution in [1.82, 2.24) is 20.1 Å². The van der Waals surface area contributed by atoms with Gasteiger partial charge in [-0.15, -0.1) is 22.7 Å². The molecule has 2 aromatic heterocycles. The molecule has 2 aromatic rings. The van der Waals surface area contributed by atoms with Crippen LogP contribution in [0.15, 0.2) is 28.7 Å². The molecule has 0 saturated heterocycles. The zero-order valence-electron chi connectivity index (χ0n) is 15.9. The fourth-order valence-electron chi connectivity index (χ4n) is 2.23. The van der Waals surface area contributed by atoms with Crippen LogP contribution in [0.3, 0.4) is 0 Å². The molecule has 1 N–H and O–H groups in total. The van der Waals surface area contributed by atoms with Crippen LogP contribution < -0.4 is 5.32 Å². The van der Waals surface area contributed by atoms with Gasteiger partial charge in [-0.3, -0.25) is 4.79 Å². The van der Waals surface area contributed by atoms with E-state index in [1.807, 2.05) is 13.2 Å². The number of guanidine groups is 1. The largest absolute Gasteiger partial charge is 0.356 e. The van der Waals surface area contributed by atoms with Gasteiger partial charge < -0.3 is 15.1 Å². The summed E-state index contributed by atoms with van der Waals surface area (Å²) < 4.78 is 0. The van der Waals surface area contributed by atoms with Crippen LogP contribution >= 0.6 is 22.7 Å². The number of carbonyl (C=O) groups is 1. The van der Waals surface area contributed by atoms with Gasteiger partial charge in [0.05, 0.1) is 5.01 Å². The van der Waals surface area contributed by atoms with E-state index in [9.17, 15) is 4.79 Å². The van der Waals surface area contributed by atoms with Crippen LogP contribution in [0.4, 0.5) is 0 Å². The third-order valence-corrected chi connectivity index (χ3v) is 5.70. The Bertz CT molecular complexity index is 709. The number of thiophene rings is 1. The lowest BCUT2D eigenvalue weighted by Gasteiger charge is -2.22. The smallest absolute Gasteiger partial charge is 0.243 e. The van der Waals surface area contributed by atoms with E-state index in [-0.39, 0.29) is 12.5 Å². The van der Waals surface area contributed by atoms with Crippen molar-refractivity contribution in [2.45, 2.75) is 19.8 Å². The Hall–Kier alpha value is -1.93. The van der Waals surface area contributed by atoms with Gasteiger partial charge in [0, 0.05) is 56.6 Å². The Labute approximate surface area is 163 Å². The van der Waals surface area contributed by atoms with Crippen molar-refractivity contribution < 1.29 is 4.79 Å².